The smallest absolute Gasteiger partial charge is 0.252 e. The normalized spacial score (nSPS) is 11.0. The van der Waals surface area contributed by atoms with Gasteiger partial charge in [-0.05, 0) is 41.0 Å². The SMILES string of the molecule is O=C(N/N=C/c1ccccc1OCc1ccc(Cl)cc1)C(c1ccccc1)c1ccccc1. The lowest BCUT2D eigenvalue weighted by atomic mass is 9.91. The minimum absolute atomic E-state index is 0.205. The van der Waals surface area contributed by atoms with Crippen LogP contribution in [-0.4, -0.2) is 12.1 Å². The molecule has 0 heterocycles. The molecule has 5 heteroatoms. The fraction of sp³-hybridized carbons (Fsp3) is 0.0714. The summed E-state index contributed by atoms with van der Waals surface area (Å²) in [5.74, 6) is 0.0114. The largest absolute Gasteiger partial charge is 0.488 e. The predicted molar refractivity (Wildman–Crippen MR) is 133 cm³/mol. The number of benzene rings is 4. The molecule has 0 spiro atoms. The summed E-state index contributed by atoms with van der Waals surface area (Å²) in [5, 5.41) is 4.91. The molecule has 4 rings (SSSR count). The van der Waals surface area contributed by atoms with Crippen molar-refractivity contribution in [3.05, 3.63) is 136 Å². The first-order valence-electron chi connectivity index (χ1n) is 10.6. The molecule has 33 heavy (non-hydrogen) atoms. The molecule has 0 aliphatic carbocycles. The summed E-state index contributed by atoms with van der Waals surface area (Å²) in [6.07, 6.45) is 1.60. The minimum atomic E-state index is -0.457. The van der Waals surface area contributed by atoms with E-state index in [1.807, 2.05) is 109 Å². The van der Waals surface area contributed by atoms with Gasteiger partial charge in [0.25, 0.3) is 5.91 Å². The zero-order chi connectivity index (χ0) is 22.9. The van der Waals surface area contributed by atoms with Crippen molar-refractivity contribution in [2.75, 3.05) is 0 Å². The molecule has 4 aromatic carbocycles. The molecule has 0 aliphatic heterocycles. The number of carbonyl (C=O) groups is 1. The molecule has 0 radical (unpaired) electrons. The number of amides is 1. The fourth-order valence-corrected chi connectivity index (χ4v) is 3.60. The van der Waals surface area contributed by atoms with E-state index in [0.29, 0.717) is 17.4 Å². The lowest BCUT2D eigenvalue weighted by Crippen LogP contribution is -2.26. The lowest BCUT2D eigenvalue weighted by molar-refractivity contribution is -0.121. The molecule has 4 aromatic rings. The number of carbonyl (C=O) groups excluding carboxylic acids is 1. The van der Waals surface area contributed by atoms with Crippen LogP contribution in [0.25, 0.3) is 0 Å². The van der Waals surface area contributed by atoms with Crippen LogP contribution in [-0.2, 0) is 11.4 Å². The zero-order valence-corrected chi connectivity index (χ0v) is 18.7. The van der Waals surface area contributed by atoms with Gasteiger partial charge in [-0.2, -0.15) is 5.10 Å². The first-order valence-corrected chi connectivity index (χ1v) is 11.0. The van der Waals surface area contributed by atoms with Crippen LogP contribution >= 0.6 is 11.6 Å². The summed E-state index contributed by atoms with van der Waals surface area (Å²) in [6.45, 7) is 0.401. The predicted octanol–water partition coefficient (Wildman–Crippen LogP) is 6.20. The molecule has 0 bridgehead atoms. The number of para-hydroxylation sites is 1. The van der Waals surface area contributed by atoms with E-state index in [1.54, 1.807) is 6.21 Å². The first-order chi connectivity index (χ1) is 16.2. The van der Waals surface area contributed by atoms with Crippen LogP contribution in [0, 0.1) is 0 Å². The number of ether oxygens (including phenoxy) is 1. The highest BCUT2D eigenvalue weighted by molar-refractivity contribution is 6.30. The van der Waals surface area contributed by atoms with Gasteiger partial charge in [-0.25, -0.2) is 5.43 Å². The highest BCUT2D eigenvalue weighted by Crippen LogP contribution is 2.25. The Bertz CT molecular complexity index is 1170. The van der Waals surface area contributed by atoms with E-state index < -0.39 is 5.92 Å². The minimum Gasteiger partial charge on any atom is -0.488 e. The summed E-state index contributed by atoms with van der Waals surface area (Å²) < 4.78 is 5.96. The van der Waals surface area contributed by atoms with Crippen molar-refractivity contribution in [1.29, 1.82) is 0 Å². The van der Waals surface area contributed by atoms with Crippen molar-refractivity contribution in [2.24, 2.45) is 5.10 Å². The van der Waals surface area contributed by atoms with Crippen molar-refractivity contribution in [3.8, 4) is 5.75 Å². The van der Waals surface area contributed by atoms with E-state index in [0.717, 1.165) is 22.3 Å². The molecule has 0 atom stereocenters. The Labute approximate surface area is 198 Å². The third-order valence-corrected chi connectivity index (χ3v) is 5.38. The molecule has 164 valence electrons. The van der Waals surface area contributed by atoms with Crippen LogP contribution in [0.5, 0.6) is 5.75 Å². The summed E-state index contributed by atoms with van der Waals surface area (Å²) in [6, 6.07) is 34.4. The van der Waals surface area contributed by atoms with Gasteiger partial charge in [0.05, 0.1) is 12.1 Å². The van der Waals surface area contributed by atoms with Crippen LogP contribution in [0.15, 0.2) is 114 Å². The van der Waals surface area contributed by atoms with Gasteiger partial charge in [-0.3, -0.25) is 4.79 Å². The summed E-state index contributed by atoms with van der Waals surface area (Å²) in [5.41, 5.74) is 6.28. The summed E-state index contributed by atoms with van der Waals surface area (Å²) in [4.78, 5) is 13.1. The summed E-state index contributed by atoms with van der Waals surface area (Å²) >= 11 is 5.94. The number of hydrogen-bond acceptors (Lipinski definition) is 3. The Morgan fingerprint density at radius 1 is 0.818 bits per heavy atom. The van der Waals surface area contributed by atoms with Crippen molar-refractivity contribution >= 4 is 23.7 Å². The second-order valence-corrected chi connectivity index (χ2v) is 7.88. The lowest BCUT2D eigenvalue weighted by Gasteiger charge is -2.16. The van der Waals surface area contributed by atoms with Crippen LogP contribution in [0.1, 0.15) is 28.2 Å². The summed E-state index contributed by atoms with van der Waals surface area (Å²) in [7, 11) is 0. The second-order valence-electron chi connectivity index (χ2n) is 7.44. The molecule has 0 fully saturated rings. The third-order valence-electron chi connectivity index (χ3n) is 5.13. The highest BCUT2D eigenvalue weighted by Gasteiger charge is 2.22. The van der Waals surface area contributed by atoms with Crippen molar-refractivity contribution in [3.63, 3.8) is 0 Å². The Kier molecular flexibility index (Phi) is 7.52. The molecule has 4 nitrogen and oxygen atoms in total. The van der Waals surface area contributed by atoms with E-state index in [-0.39, 0.29) is 5.91 Å². The van der Waals surface area contributed by atoms with Gasteiger partial charge in [-0.15, -0.1) is 0 Å². The van der Waals surface area contributed by atoms with Gasteiger partial charge in [-0.1, -0.05) is 96.5 Å². The molecular weight excluding hydrogens is 432 g/mol. The Balaban J connectivity index is 1.47. The molecule has 1 N–H and O–H groups in total. The number of hydrogen-bond donors (Lipinski definition) is 1. The zero-order valence-electron chi connectivity index (χ0n) is 17.9. The van der Waals surface area contributed by atoms with E-state index in [2.05, 4.69) is 10.5 Å². The monoisotopic (exact) mass is 454 g/mol. The fourth-order valence-electron chi connectivity index (χ4n) is 3.48. The number of nitrogens with one attached hydrogen (secondary N) is 1. The van der Waals surface area contributed by atoms with Crippen LogP contribution in [0.3, 0.4) is 0 Å². The van der Waals surface area contributed by atoms with Crippen LogP contribution in [0.2, 0.25) is 5.02 Å². The van der Waals surface area contributed by atoms with Gasteiger partial charge in [0.15, 0.2) is 0 Å². The molecule has 0 aromatic heterocycles. The number of hydrazone groups is 1. The van der Waals surface area contributed by atoms with Crippen LogP contribution < -0.4 is 10.2 Å². The maximum atomic E-state index is 13.1. The standard InChI is InChI=1S/C28H23ClN2O2/c29-25-17-15-21(16-18-25)20-33-26-14-8-7-13-24(26)19-30-31-28(32)27(22-9-3-1-4-10-22)23-11-5-2-6-12-23/h1-19,27H,20H2,(H,31,32)/b30-19+. The Morgan fingerprint density at radius 2 is 1.39 bits per heavy atom. The van der Waals surface area contributed by atoms with Gasteiger partial charge in [0.2, 0.25) is 0 Å². The maximum Gasteiger partial charge on any atom is 0.252 e. The molecule has 1 amide bonds. The highest BCUT2D eigenvalue weighted by atomic mass is 35.5. The maximum absolute atomic E-state index is 13.1. The van der Waals surface area contributed by atoms with Crippen molar-refractivity contribution in [1.82, 2.24) is 5.43 Å². The van der Waals surface area contributed by atoms with Gasteiger partial charge >= 0.3 is 0 Å². The quantitative estimate of drug-likeness (QED) is 0.254. The third kappa shape index (κ3) is 6.09. The van der Waals surface area contributed by atoms with Crippen molar-refractivity contribution in [2.45, 2.75) is 12.5 Å². The number of nitrogens with zero attached hydrogens (tertiary/aromatic N) is 1. The van der Waals surface area contributed by atoms with Crippen molar-refractivity contribution < 1.29 is 9.53 Å². The van der Waals surface area contributed by atoms with Gasteiger partial charge in [0.1, 0.15) is 12.4 Å². The first kappa shape index (κ1) is 22.3. The Morgan fingerprint density at radius 3 is 2.03 bits per heavy atom. The second kappa shape index (κ2) is 11.1. The van der Waals surface area contributed by atoms with E-state index in [9.17, 15) is 4.79 Å². The van der Waals surface area contributed by atoms with Crippen LogP contribution in [0.4, 0.5) is 0 Å². The topological polar surface area (TPSA) is 50.7 Å². The molecule has 0 aliphatic rings. The van der Waals surface area contributed by atoms with E-state index in [4.69, 9.17) is 16.3 Å². The van der Waals surface area contributed by atoms with E-state index >= 15 is 0 Å². The average molecular weight is 455 g/mol. The van der Waals surface area contributed by atoms with Gasteiger partial charge in [0, 0.05) is 10.6 Å². The van der Waals surface area contributed by atoms with Gasteiger partial charge < -0.3 is 4.74 Å². The Hall–Kier alpha value is -3.89. The molecule has 0 unspecified atom stereocenters. The molecule has 0 saturated heterocycles. The molecule has 0 saturated carbocycles. The average Bonchev–Trinajstić information content (AvgIpc) is 2.86. The molecular formula is C28H23ClN2O2. The number of rotatable bonds is 8. The van der Waals surface area contributed by atoms with E-state index in [1.165, 1.54) is 0 Å². The number of halogens is 1.